The Morgan fingerprint density at radius 1 is 1.80 bits per heavy atom. The molecule has 0 atom stereocenters. The summed E-state index contributed by atoms with van der Waals surface area (Å²) in [5, 5.41) is 0. The Morgan fingerprint density at radius 2 is 2.00 bits per heavy atom. The van der Waals surface area contributed by atoms with Crippen molar-refractivity contribution in [3.63, 3.8) is 0 Å². The molecule has 0 radical (unpaired) electrons. The van der Waals surface area contributed by atoms with Gasteiger partial charge in [-0.05, 0) is 12.2 Å². The van der Waals surface area contributed by atoms with Crippen molar-refractivity contribution in [1.29, 1.82) is 0 Å². The van der Waals surface area contributed by atoms with Gasteiger partial charge >= 0.3 is 13.8 Å². The largest absolute Gasteiger partial charge is 0.343 e. The van der Waals surface area contributed by atoms with Crippen LogP contribution >= 0.6 is 24.8 Å². The molecule has 0 amide bonds. The van der Waals surface area contributed by atoms with Crippen molar-refractivity contribution in [2.45, 2.75) is 0 Å². The number of rotatable bonds is 0. The zero-order valence-electron chi connectivity index (χ0n) is 2.17. The maximum absolute atomic E-state index is 4.42. The van der Waals surface area contributed by atoms with E-state index in [0.29, 0.717) is 3.53 Å². The maximum atomic E-state index is 4.42. The van der Waals surface area contributed by atoms with Gasteiger partial charge in [-0.25, -0.2) is 0 Å². The first kappa shape index (κ1) is 5.88. The third-order valence-corrected chi connectivity index (χ3v) is 1.92. The molecule has 0 saturated carbocycles. The average molecular weight is 141 g/mol. The molecule has 0 bridgehead atoms. The fraction of sp³-hybridized carbons (Fsp3) is 0. The predicted octanol–water partition coefficient (Wildman–Crippen LogP) is 0.746. The van der Waals surface area contributed by atoms with E-state index in [9.17, 15) is 0 Å². The van der Waals surface area contributed by atoms with Crippen LogP contribution in [0.1, 0.15) is 0 Å². The highest BCUT2D eigenvalue weighted by Gasteiger charge is 1.91. The summed E-state index contributed by atoms with van der Waals surface area (Å²) in [5.41, 5.74) is 0. The minimum atomic E-state index is 0.514. The van der Waals surface area contributed by atoms with Crippen LogP contribution in [-0.2, 0) is 21.5 Å². The third kappa shape index (κ3) is 4.88. The first-order chi connectivity index (χ1) is 2.27. The van der Waals surface area contributed by atoms with Gasteiger partial charge in [0.15, 0.2) is 0 Å². The van der Waals surface area contributed by atoms with E-state index in [4.69, 9.17) is 0 Å². The Bertz CT molecular complexity index is 54.7. The third-order valence-electron chi connectivity index (χ3n) is 0.0713. The lowest BCUT2D eigenvalue weighted by atomic mass is 11.9. The Labute approximate surface area is 50.0 Å². The molecule has 0 spiro atoms. The summed E-state index contributed by atoms with van der Waals surface area (Å²) in [6.45, 7) is 0. The summed E-state index contributed by atoms with van der Waals surface area (Å²) in [6.07, 6.45) is 0. The lowest BCUT2D eigenvalue weighted by Gasteiger charge is -1.43. The molecule has 0 aromatic rings. The molecule has 0 N–H and O–H groups in total. The molecule has 0 aliphatic heterocycles. The summed E-state index contributed by atoms with van der Waals surface area (Å²) in [4.78, 5) is 0. The number of hydrogen-bond donors (Lipinski definition) is 1. The van der Waals surface area contributed by atoms with E-state index in [0.717, 1.165) is 10.3 Å². The lowest BCUT2D eigenvalue weighted by Crippen LogP contribution is -1.66. The van der Waals surface area contributed by atoms with Crippen molar-refractivity contribution >= 4 is 49.9 Å². The van der Waals surface area contributed by atoms with Crippen molar-refractivity contribution in [2.24, 2.45) is 0 Å². The zero-order chi connectivity index (χ0) is 4.28. The van der Waals surface area contributed by atoms with E-state index in [2.05, 4.69) is 36.0 Å². The van der Waals surface area contributed by atoms with Crippen molar-refractivity contribution in [3.05, 3.63) is 0 Å². The summed E-state index contributed by atoms with van der Waals surface area (Å²) in [5.74, 6) is 0. The number of thiocarbonyl (C=S) groups is 1. The SMILES string of the molecule is S=[S+]C(=S)S. The van der Waals surface area contributed by atoms with Gasteiger partial charge in [-0.1, -0.05) is 12.6 Å². The highest BCUT2D eigenvalue weighted by Crippen LogP contribution is 1.76. The van der Waals surface area contributed by atoms with Gasteiger partial charge in [0.05, 0.1) is 0 Å². The minimum absolute atomic E-state index is 0.514. The van der Waals surface area contributed by atoms with Crippen molar-refractivity contribution in [2.75, 3.05) is 0 Å². The Kier molecular flexibility index (Phi) is 3.63. The van der Waals surface area contributed by atoms with Gasteiger partial charge in [-0.15, -0.1) is 0 Å². The highest BCUT2D eigenvalue weighted by molar-refractivity contribution is 8.44. The molecule has 0 rings (SSSR count). The molecule has 28 valence electrons. The molecule has 0 aromatic carbocycles. The second-order valence-corrected chi connectivity index (χ2v) is 3.14. The van der Waals surface area contributed by atoms with Crippen molar-refractivity contribution in [1.82, 2.24) is 0 Å². The zero-order valence-corrected chi connectivity index (χ0v) is 5.52. The molecule has 0 aliphatic rings. The van der Waals surface area contributed by atoms with E-state index >= 15 is 0 Å². The molecule has 0 saturated heterocycles. The maximum Gasteiger partial charge on any atom is 0.343 e. The molecule has 0 unspecified atom stereocenters. The van der Waals surface area contributed by atoms with Gasteiger partial charge in [0.2, 0.25) is 0 Å². The standard InChI is InChI=1S/CS4/c2-1(3)5-4/p+1. The molecular weight excluding hydrogens is 140 g/mol. The van der Waals surface area contributed by atoms with Crippen LogP contribution < -0.4 is 0 Å². The van der Waals surface area contributed by atoms with Gasteiger partial charge in [-0.2, -0.15) is 0 Å². The van der Waals surface area contributed by atoms with Crippen LogP contribution in [0.3, 0.4) is 0 Å². The molecular formula is CHS4+. The van der Waals surface area contributed by atoms with Gasteiger partial charge in [0.1, 0.15) is 0 Å². The Hall–Kier alpha value is 0.880. The normalized spacial score (nSPS) is 6.60. The molecule has 0 aromatic heterocycles. The monoisotopic (exact) mass is 141 g/mol. The van der Waals surface area contributed by atoms with Crippen LogP contribution in [0.15, 0.2) is 0 Å². The van der Waals surface area contributed by atoms with E-state index in [1.54, 1.807) is 0 Å². The van der Waals surface area contributed by atoms with Gasteiger partial charge in [0, 0.05) is 0 Å². The van der Waals surface area contributed by atoms with E-state index in [1.807, 2.05) is 0 Å². The van der Waals surface area contributed by atoms with Crippen LogP contribution in [0, 0.1) is 0 Å². The summed E-state index contributed by atoms with van der Waals surface area (Å²) in [6, 6.07) is 0. The van der Waals surface area contributed by atoms with Crippen LogP contribution in [0.25, 0.3) is 0 Å². The van der Waals surface area contributed by atoms with Crippen molar-refractivity contribution < 1.29 is 0 Å². The fourth-order valence-corrected chi connectivity index (χ4v) is 0. The van der Waals surface area contributed by atoms with Crippen LogP contribution in [0.5, 0.6) is 0 Å². The van der Waals surface area contributed by atoms with E-state index < -0.39 is 0 Å². The first-order valence-corrected chi connectivity index (χ1v) is 3.40. The number of hydrogen-bond acceptors (Lipinski definition) is 2. The number of thiol groups is 1. The van der Waals surface area contributed by atoms with Crippen LogP contribution in [0.4, 0.5) is 0 Å². The van der Waals surface area contributed by atoms with Crippen molar-refractivity contribution in [3.8, 4) is 0 Å². The Morgan fingerprint density at radius 3 is 2.00 bits per heavy atom. The van der Waals surface area contributed by atoms with E-state index in [1.165, 1.54) is 0 Å². The fourth-order valence-electron chi connectivity index (χ4n) is 0. The second-order valence-electron chi connectivity index (χ2n) is 0.349. The van der Waals surface area contributed by atoms with Gasteiger partial charge < -0.3 is 0 Å². The first-order valence-electron chi connectivity index (χ1n) is 0.799. The average Bonchev–Trinajstić information content (AvgIpc) is 1.38. The van der Waals surface area contributed by atoms with Crippen LogP contribution in [0.2, 0.25) is 0 Å². The predicted molar refractivity (Wildman–Crippen MR) is 36.3 cm³/mol. The molecule has 0 nitrogen and oxygen atoms in total. The summed E-state index contributed by atoms with van der Waals surface area (Å²) >= 11 is 12.5. The Balaban J connectivity index is 3.20. The molecule has 0 fully saturated rings. The van der Waals surface area contributed by atoms with Crippen LogP contribution in [-0.4, -0.2) is 3.53 Å². The molecule has 5 heavy (non-hydrogen) atoms. The molecule has 0 aliphatic carbocycles. The second kappa shape index (κ2) is 3.08. The smallest absolute Gasteiger partial charge is 0.0677 e. The van der Waals surface area contributed by atoms with E-state index in [-0.39, 0.29) is 0 Å². The lowest BCUT2D eigenvalue weighted by molar-refractivity contribution is 4.23. The van der Waals surface area contributed by atoms with Gasteiger partial charge in [0.25, 0.3) is 11.2 Å². The van der Waals surface area contributed by atoms with Gasteiger partial charge in [-0.3, -0.25) is 0 Å². The minimum Gasteiger partial charge on any atom is -0.0677 e. The molecule has 0 heterocycles. The highest BCUT2D eigenvalue weighted by atomic mass is 32.8. The summed E-state index contributed by atoms with van der Waals surface area (Å²) in [7, 11) is 1.06. The molecule has 4 heteroatoms. The quantitative estimate of drug-likeness (QED) is 0.300. The summed E-state index contributed by atoms with van der Waals surface area (Å²) < 4.78 is 0.514. The topological polar surface area (TPSA) is 0 Å².